The topological polar surface area (TPSA) is 107 Å². The van der Waals surface area contributed by atoms with Crippen LogP contribution >= 0.6 is 0 Å². The molecule has 0 aliphatic rings. The van der Waals surface area contributed by atoms with Gasteiger partial charge in [0.15, 0.2) is 0 Å². The van der Waals surface area contributed by atoms with E-state index < -0.39 is 17.9 Å². The average Bonchev–Trinajstić information content (AvgIpc) is 2.77. The summed E-state index contributed by atoms with van der Waals surface area (Å²) in [6.45, 7) is 11.5. The second-order valence-corrected chi connectivity index (χ2v) is 6.57. The zero-order valence-corrected chi connectivity index (χ0v) is 18.6. The fourth-order valence-corrected chi connectivity index (χ4v) is 2.05. The second-order valence-electron chi connectivity index (χ2n) is 6.57. The highest BCUT2D eigenvalue weighted by Crippen LogP contribution is 2.14. The maximum Gasteiger partial charge on any atom is 0.338 e. The highest BCUT2D eigenvalue weighted by molar-refractivity contribution is 5.89. The van der Waals surface area contributed by atoms with Gasteiger partial charge in [-0.3, -0.25) is 0 Å². The van der Waals surface area contributed by atoms with Gasteiger partial charge >= 0.3 is 17.9 Å². The summed E-state index contributed by atoms with van der Waals surface area (Å²) in [6.07, 6.45) is 0. The summed E-state index contributed by atoms with van der Waals surface area (Å²) >= 11 is 0. The molecule has 0 fully saturated rings. The van der Waals surface area contributed by atoms with Crippen molar-refractivity contribution < 1.29 is 42.8 Å². The molecule has 1 aromatic carbocycles. The third-order valence-electron chi connectivity index (χ3n) is 3.65. The molecule has 176 valence electrons. The van der Waals surface area contributed by atoms with Gasteiger partial charge in [-0.2, -0.15) is 0 Å². The van der Waals surface area contributed by atoms with Crippen molar-refractivity contribution in [2.45, 2.75) is 13.8 Å². The van der Waals surface area contributed by atoms with Gasteiger partial charge < -0.3 is 28.4 Å². The minimum Gasteiger partial charge on any atom is -0.491 e. The Balaban J connectivity index is 2.17. The molecule has 9 nitrogen and oxygen atoms in total. The number of carbonyl (C=O) groups is 3. The molecule has 0 saturated heterocycles. The van der Waals surface area contributed by atoms with Gasteiger partial charge in [-0.1, -0.05) is 19.2 Å². The number of rotatable bonds is 16. The lowest BCUT2D eigenvalue weighted by Gasteiger charge is -2.10. The fraction of sp³-hybridized carbons (Fsp3) is 0.435. The molecule has 32 heavy (non-hydrogen) atoms. The van der Waals surface area contributed by atoms with E-state index in [9.17, 15) is 14.4 Å². The highest BCUT2D eigenvalue weighted by atomic mass is 16.6. The molecule has 0 amide bonds. The van der Waals surface area contributed by atoms with Crippen molar-refractivity contribution in [3.05, 3.63) is 54.1 Å². The van der Waals surface area contributed by atoms with Crippen LogP contribution in [0.1, 0.15) is 24.2 Å². The molecule has 0 atom stereocenters. The SMILES string of the molecule is C=C(C)C(=O)OCCOCCOC(=O)c1cccc(OCCOCCOC(=O)C(=C)C)c1. The van der Waals surface area contributed by atoms with Gasteiger partial charge in [-0.15, -0.1) is 0 Å². The summed E-state index contributed by atoms with van der Waals surface area (Å²) in [6, 6.07) is 6.56. The molecule has 1 rings (SSSR count). The van der Waals surface area contributed by atoms with Crippen molar-refractivity contribution >= 4 is 17.9 Å². The van der Waals surface area contributed by atoms with Crippen molar-refractivity contribution in [3.63, 3.8) is 0 Å². The molecule has 0 aromatic heterocycles. The van der Waals surface area contributed by atoms with Crippen LogP contribution in [0.25, 0.3) is 0 Å². The summed E-state index contributed by atoms with van der Waals surface area (Å²) in [5, 5.41) is 0. The molecule has 0 aliphatic carbocycles. The predicted molar refractivity (Wildman–Crippen MR) is 115 cm³/mol. The average molecular weight is 450 g/mol. The first-order valence-electron chi connectivity index (χ1n) is 10.0. The molecule has 0 radical (unpaired) electrons. The maximum atomic E-state index is 12.1. The second kappa shape index (κ2) is 15.6. The monoisotopic (exact) mass is 450 g/mol. The Morgan fingerprint density at radius 2 is 1.22 bits per heavy atom. The minimum absolute atomic E-state index is 0.0577. The van der Waals surface area contributed by atoms with E-state index in [0.717, 1.165) is 0 Å². The largest absolute Gasteiger partial charge is 0.491 e. The van der Waals surface area contributed by atoms with Gasteiger partial charge in [-0.05, 0) is 32.0 Å². The first-order chi connectivity index (χ1) is 15.3. The zero-order valence-electron chi connectivity index (χ0n) is 18.6. The predicted octanol–water partition coefficient (Wildman–Crippen LogP) is 2.49. The Morgan fingerprint density at radius 1 is 0.719 bits per heavy atom. The van der Waals surface area contributed by atoms with Crippen LogP contribution in [-0.2, 0) is 33.3 Å². The van der Waals surface area contributed by atoms with Crippen LogP contribution in [0.4, 0.5) is 0 Å². The molecule has 0 unspecified atom stereocenters. The Labute approximate surface area is 187 Å². The number of esters is 3. The van der Waals surface area contributed by atoms with Crippen LogP contribution in [0.3, 0.4) is 0 Å². The van der Waals surface area contributed by atoms with Crippen molar-refractivity contribution in [1.82, 2.24) is 0 Å². The van der Waals surface area contributed by atoms with Gasteiger partial charge in [0.1, 0.15) is 32.2 Å². The van der Waals surface area contributed by atoms with Gasteiger partial charge in [-0.25, -0.2) is 14.4 Å². The normalized spacial score (nSPS) is 10.2. The Morgan fingerprint density at radius 3 is 1.75 bits per heavy atom. The lowest BCUT2D eigenvalue weighted by Crippen LogP contribution is -2.15. The number of hydrogen-bond donors (Lipinski definition) is 0. The summed E-state index contributed by atoms with van der Waals surface area (Å²) in [5.74, 6) is -0.947. The Kier molecular flexibility index (Phi) is 13.1. The van der Waals surface area contributed by atoms with E-state index in [-0.39, 0.29) is 52.9 Å². The van der Waals surface area contributed by atoms with E-state index in [4.69, 9.17) is 28.4 Å². The van der Waals surface area contributed by atoms with Crippen molar-refractivity contribution in [2.24, 2.45) is 0 Å². The third kappa shape index (κ3) is 11.9. The first-order valence-corrected chi connectivity index (χ1v) is 10.0. The lowest BCUT2D eigenvalue weighted by molar-refractivity contribution is -0.141. The van der Waals surface area contributed by atoms with Crippen LogP contribution in [0.2, 0.25) is 0 Å². The maximum absolute atomic E-state index is 12.1. The van der Waals surface area contributed by atoms with E-state index in [1.165, 1.54) is 0 Å². The molecule has 0 spiro atoms. The van der Waals surface area contributed by atoms with E-state index in [1.54, 1.807) is 38.1 Å². The minimum atomic E-state index is -0.511. The molecule has 0 bridgehead atoms. The van der Waals surface area contributed by atoms with E-state index >= 15 is 0 Å². The molecule has 9 heteroatoms. The van der Waals surface area contributed by atoms with Gasteiger partial charge in [0.25, 0.3) is 0 Å². The first kappa shape index (κ1) is 26.9. The smallest absolute Gasteiger partial charge is 0.338 e. The van der Waals surface area contributed by atoms with Crippen molar-refractivity contribution in [1.29, 1.82) is 0 Å². The van der Waals surface area contributed by atoms with E-state index in [2.05, 4.69) is 13.2 Å². The van der Waals surface area contributed by atoms with Gasteiger partial charge in [0.2, 0.25) is 0 Å². The van der Waals surface area contributed by atoms with Crippen LogP contribution in [-0.4, -0.2) is 70.8 Å². The zero-order chi connectivity index (χ0) is 23.8. The van der Waals surface area contributed by atoms with Crippen LogP contribution < -0.4 is 4.74 Å². The van der Waals surface area contributed by atoms with Crippen molar-refractivity contribution in [3.8, 4) is 5.75 Å². The molecule has 0 saturated carbocycles. The molecule has 0 heterocycles. The Bertz CT molecular complexity index is 785. The van der Waals surface area contributed by atoms with E-state index in [0.29, 0.717) is 22.5 Å². The Hall–Kier alpha value is -3.17. The number of ether oxygens (including phenoxy) is 6. The van der Waals surface area contributed by atoms with Crippen molar-refractivity contribution in [2.75, 3.05) is 52.9 Å². The van der Waals surface area contributed by atoms with Gasteiger partial charge in [0, 0.05) is 11.1 Å². The molecule has 0 aliphatic heterocycles. The summed E-state index contributed by atoms with van der Waals surface area (Å²) in [5.41, 5.74) is 0.991. The summed E-state index contributed by atoms with van der Waals surface area (Å²) < 4.78 is 31.0. The molecule has 0 N–H and O–H groups in total. The van der Waals surface area contributed by atoms with Crippen LogP contribution in [0, 0.1) is 0 Å². The molecule has 1 aromatic rings. The molecular weight excluding hydrogens is 420 g/mol. The number of carbonyl (C=O) groups excluding carboxylic acids is 3. The van der Waals surface area contributed by atoms with Crippen LogP contribution in [0.5, 0.6) is 5.75 Å². The summed E-state index contributed by atoms with van der Waals surface area (Å²) in [4.78, 5) is 34.5. The van der Waals surface area contributed by atoms with E-state index in [1.807, 2.05) is 0 Å². The standard InChI is InChI=1S/C23H30O9/c1-17(2)21(24)30-13-9-27-8-12-29-20-7-5-6-19(16-20)23(26)32-15-11-28-10-14-31-22(25)18(3)4/h5-7,16H,1,3,8-15H2,2,4H3. The summed E-state index contributed by atoms with van der Waals surface area (Å²) in [7, 11) is 0. The number of hydrogen-bond acceptors (Lipinski definition) is 9. The fourth-order valence-electron chi connectivity index (χ4n) is 2.05. The lowest BCUT2D eigenvalue weighted by atomic mass is 10.2. The molecular formula is C23H30O9. The van der Waals surface area contributed by atoms with Crippen LogP contribution in [0.15, 0.2) is 48.6 Å². The number of benzene rings is 1. The third-order valence-corrected chi connectivity index (χ3v) is 3.65. The highest BCUT2D eigenvalue weighted by Gasteiger charge is 2.09. The van der Waals surface area contributed by atoms with Gasteiger partial charge in [0.05, 0.1) is 32.0 Å². The quantitative estimate of drug-likeness (QED) is 0.162.